The topological polar surface area (TPSA) is 116 Å². The molecule has 1 saturated heterocycles. The van der Waals surface area contributed by atoms with E-state index in [4.69, 9.17) is 11.1 Å². The van der Waals surface area contributed by atoms with Crippen LogP contribution in [0.25, 0.3) is 10.1 Å². The first-order chi connectivity index (χ1) is 14.3. The van der Waals surface area contributed by atoms with Crippen LogP contribution in [0, 0.1) is 5.41 Å². The Bertz CT molecular complexity index is 1190. The molecule has 2 heterocycles. The number of hydrogen-bond donors (Lipinski definition) is 3. The Hall–Kier alpha value is -2.75. The van der Waals surface area contributed by atoms with E-state index in [-0.39, 0.29) is 17.6 Å². The zero-order valence-corrected chi connectivity index (χ0v) is 17.8. The van der Waals surface area contributed by atoms with Crippen LogP contribution in [0.15, 0.2) is 58.8 Å². The second kappa shape index (κ2) is 8.17. The van der Waals surface area contributed by atoms with E-state index in [9.17, 15) is 13.2 Å². The SMILES string of the molecule is N=C(N)c1cccc(CN2CC[C@H](NCS(=O)(=O)c3cc4ccccc4s3)C2=O)c1. The molecule has 4 N–H and O–H groups in total. The second-order valence-corrected chi connectivity index (χ2v) is 10.6. The third-order valence-electron chi connectivity index (χ3n) is 5.14. The standard InChI is InChI=1S/C21H22N4O3S2/c22-20(23)16-6-3-4-14(10-16)12-25-9-8-17(21(25)26)24-13-30(27,28)19-11-15-5-1-2-7-18(15)29-19/h1-7,10-11,17,24H,8-9,12-13H2,(H3,22,23)/t17-/m0/s1. The molecule has 1 amide bonds. The van der Waals surface area contributed by atoms with Gasteiger partial charge in [0.15, 0.2) is 0 Å². The average Bonchev–Trinajstić information content (AvgIpc) is 3.31. The fourth-order valence-corrected chi connectivity index (χ4v) is 6.15. The number of nitrogens with one attached hydrogen (secondary N) is 2. The van der Waals surface area contributed by atoms with Gasteiger partial charge in [0.1, 0.15) is 15.9 Å². The van der Waals surface area contributed by atoms with Crippen molar-refractivity contribution in [2.45, 2.75) is 23.2 Å². The van der Waals surface area contributed by atoms with Crippen LogP contribution in [-0.4, -0.2) is 43.5 Å². The minimum absolute atomic E-state index is 0.0180. The normalized spacial score (nSPS) is 17.0. The largest absolute Gasteiger partial charge is 0.384 e. The molecular weight excluding hydrogens is 420 g/mol. The summed E-state index contributed by atoms with van der Waals surface area (Å²) in [4.78, 5) is 14.4. The van der Waals surface area contributed by atoms with Gasteiger partial charge in [0, 0.05) is 23.4 Å². The van der Waals surface area contributed by atoms with Crippen molar-refractivity contribution in [2.75, 3.05) is 12.4 Å². The quantitative estimate of drug-likeness (QED) is 0.383. The summed E-state index contributed by atoms with van der Waals surface area (Å²) in [5.41, 5.74) is 7.03. The van der Waals surface area contributed by atoms with Crippen molar-refractivity contribution in [3.05, 3.63) is 65.7 Å². The van der Waals surface area contributed by atoms with Crippen LogP contribution >= 0.6 is 11.3 Å². The lowest BCUT2D eigenvalue weighted by molar-refractivity contribution is -0.129. The van der Waals surface area contributed by atoms with Gasteiger partial charge in [-0.1, -0.05) is 36.4 Å². The molecule has 0 bridgehead atoms. The molecule has 156 valence electrons. The number of carbonyl (C=O) groups is 1. The maximum Gasteiger partial charge on any atom is 0.240 e. The molecule has 0 saturated carbocycles. The number of amides is 1. The third-order valence-corrected chi connectivity index (χ3v) is 8.34. The Labute approximate surface area is 178 Å². The van der Waals surface area contributed by atoms with E-state index in [1.165, 1.54) is 11.3 Å². The zero-order chi connectivity index (χ0) is 21.3. The predicted octanol–water partition coefficient (Wildman–Crippen LogP) is 2.31. The molecule has 0 aliphatic carbocycles. The molecule has 1 aliphatic rings. The number of amidine groups is 1. The van der Waals surface area contributed by atoms with Crippen LogP contribution in [0.1, 0.15) is 17.5 Å². The number of nitrogens with two attached hydrogens (primary N) is 1. The van der Waals surface area contributed by atoms with Crippen molar-refractivity contribution in [1.29, 1.82) is 5.41 Å². The minimum atomic E-state index is -3.53. The van der Waals surface area contributed by atoms with Crippen LogP contribution < -0.4 is 11.1 Å². The van der Waals surface area contributed by atoms with Gasteiger partial charge in [0.05, 0.1) is 6.04 Å². The highest BCUT2D eigenvalue weighted by Gasteiger charge is 2.32. The molecule has 1 fully saturated rings. The summed E-state index contributed by atoms with van der Waals surface area (Å²) < 4.78 is 26.7. The lowest BCUT2D eigenvalue weighted by atomic mass is 10.1. The van der Waals surface area contributed by atoms with Gasteiger partial charge >= 0.3 is 0 Å². The summed E-state index contributed by atoms with van der Waals surface area (Å²) in [6, 6.07) is 15.9. The van der Waals surface area contributed by atoms with Crippen LogP contribution in [0.4, 0.5) is 0 Å². The fraction of sp³-hybridized carbons (Fsp3) is 0.238. The van der Waals surface area contributed by atoms with Crippen molar-refractivity contribution in [3.63, 3.8) is 0 Å². The smallest absolute Gasteiger partial charge is 0.240 e. The van der Waals surface area contributed by atoms with Gasteiger partial charge in [-0.25, -0.2) is 8.42 Å². The summed E-state index contributed by atoms with van der Waals surface area (Å²) in [5, 5.41) is 11.4. The molecule has 30 heavy (non-hydrogen) atoms. The highest BCUT2D eigenvalue weighted by Crippen LogP contribution is 2.29. The van der Waals surface area contributed by atoms with Gasteiger partial charge < -0.3 is 10.6 Å². The summed E-state index contributed by atoms with van der Waals surface area (Å²) in [6.45, 7) is 0.949. The molecule has 2 aromatic carbocycles. The second-order valence-electron chi connectivity index (χ2n) is 7.28. The highest BCUT2D eigenvalue weighted by atomic mass is 32.2. The van der Waals surface area contributed by atoms with Gasteiger partial charge in [-0.05, 0) is 35.6 Å². The third kappa shape index (κ3) is 4.23. The predicted molar refractivity (Wildman–Crippen MR) is 118 cm³/mol. The van der Waals surface area contributed by atoms with Gasteiger partial charge in [0.25, 0.3) is 0 Å². The van der Waals surface area contributed by atoms with Crippen molar-refractivity contribution in [3.8, 4) is 0 Å². The molecule has 4 rings (SSSR count). The first-order valence-electron chi connectivity index (χ1n) is 9.50. The van der Waals surface area contributed by atoms with Crippen LogP contribution in [0.2, 0.25) is 0 Å². The van der Waals surface area contributed by atoms with Crippen molar-refractivity contribution in [2.24, 2.45) is 5.73 Å². The maximum atomic E-state index is 12.7. The average molecular weight is 443 g/mol. The summed E-state index contributed by atoms with van der Waals surface area (Å²) in [5.74, 6) is -0.408. The molecule has 0 spiro atoms. The van der Waals surface area contributed by atoms with Gasteiger partial charge in [-0.15, -0.1) is 11.3 Å². The highest BCUT2D eigenvalue weighted by molar-refractivity contribution is 7.93. The first kappa shape index (κ1) is 20.5. The fourth-order valence-electron chi connectivity index (χ4n) is 3.54. The van der Waals surface area contributed by atoms with Crippen molar-refractivity contribution < 1.29 is 13.2 Å². The van der Waals surface area contributed by atoms with E-state index in [0.717, 1.165) is 15.6 Å². The maximum absolute atomic E-state index is 12.7. The molecule has 1 aliphatic heterocycles. The Balaban J connectivity index is 1.39. The van der Waals surface area contributed by atoms with Gasteiger partial charge in [-0.3, -0.25) is 15.5 Å². The number of sulfone groups is 1. The van der Waals surface area contributed by atoms with Gasteiger partial charge in [-0.2, -0.15) is 0 Å². The molecule has 3 aromatic rings. The number of nitrogens with zero attached hydrogens (tertiary/aromatic N) is 1. The van der Waals surface area contributed by atoms with Crippen molar-refractivity contribution in [1.82, 2.24) is 10.2 Å². The van der Waals surface area contributed by atoms with Gasteiger partial charge in [0.2, 0.25) is 15.7 Å². The van der Waals surface area contributed by atoms with E-state index in [1.807, 2.05) is 30.3 Å². The molecule has 7 nitrogen and oxygen atoms in total. The number of likely N-dealkylation sites (tertiary alicyclic amines) is 1. The van der Waals surface area contributed by atoms with E-state index >= 15 is 0 Å². The Kier molecular flexibility index (Phi) is 5.59. The zero-order valence-electron chi connectivity index (χ0n) is 16.2. The van der Waals surface area contributed by atoms with Crippen molar-refractivity contribution >= 4 is 43.0 Å². The number of thiophene rings is 1. The number of nitrogen functional groups attached to an aromatic ring is 1. The Morgan fingerprint density at radius 1 is 1.20 bits per heavy atom. The van der Waals surface area contributed by atoms with E-state index in [2.05, 4.69) is 5.32 Å². The molecule has 9 heteroatoms. The number of hydrogen-bond acceptors (Lipinski definition) is 6. The van der Waals surface area contributed by atoms with Crippen LogP contribution in [-0.2, 0) is 21.2 Å². The summed E-state index contributed by atoms with van der Waals surface area (Å²) in [6.07, 6.45) is 0.549. The Morgan fingerprint density at radius 3 is 2.77 bits per heavy atom. The van der Waals surface area contributed by atoms with Crippen LogP contribution in [0.5, 0.6) is 0 Å². The number of fused-ring (bicyclic) bond motifs is 1. The van der Waals surface area contributed by atoms with E-state index < -0.39 is 15.9 Å². The molecule has 1 aromatic heterocycles. The van der Waals surface area contributed by atoms with E-state index in [1.54, 1.807) is 29.2 Å². The monoisotopic (exact) mass is 442 g/mol. The summed E-state index contributed by atoms with van der Waals surface area (Å²) >= 11 is 1.24. The first-order valence-corrected chi connectivity index (χ1v) is 12.0. The molecule has 0 unspecified atom stereocenters. The van der Waals surface area contributed by atoms with E-state index in [0.29, 0.717) is 29.3 Å². The minimum Gasteiger partial charge on any atom is -0.384 e. The molecular formula is C21H22N4O3S2. The summed E-state index contributed by atoms with van der Waals surface area (Å²) in [7, 11) is -3.53. The lowest BCUT2D eigenvalue weighted by Gasteiger charge is -2.17. The number of benzene rings is 2. The molecule has 0 radical (unpaired) electrons. The Morgan fingerprint density at radius 2 is 2.00 bits per heavy atom. The number of rotatable bonds is 7. The number of carbonyl (C=O) groups excluding carboxylic acids is 1. The molecule has 1 atom stereocenters. The lowest BCUT2D eigenvalue weighted by Crippen LogP contribution is -2.40. The van der Waals surface area contributed by atoms with Crippen LogP contribution in [0.3, 0.4) is 0 Å².